The molecule has 0 aliphatic heterocycles. The Kier molecular flexibility index (Phi) is 11.2. The van der Waals surface area contributed by atoms with E-state index in [-0.39, 0.29) is 6.61 Å². The van der Waals surface area contributed by atoms with Gasteiger partial charge in [-0.05, 0) is 66.9 Å². The number of nitrogens with one attached hydrogen (secondary N) is 3. The lowest BCUT2D eigenvalue weighted by atomic mass is 9.89. The Morgan fingerprint density at radius 3 is 1.76 bits per heavy atom. The van der Waals surface area contributed by atoms with Crippen LogP contribution in [0.2, 0.25) is 0 Å². The molecule has 3 N–H and O–H groups in total. The summed E-state index contributed by atoms with van der Waals surface area (Å²) in [6, 6.07) is 9.18. The van der Waals surface area contributed by atoms with Crippen molar-refractivity contribution in [2.75, 3.05) is 0 Å². The summed E-state index contributed by atoms with van der Waals surface area (Å²) in [5.41, 5.74) is -3.89. The summed E-state index contributed by atoms with van der Waals surface area (Å²) < 4.78 is 10.8. The number of amides is 3. The Morgan fingerprint density at radius 1 is 0.730 bits per heavy atom. The molecule has 9 nitrogen and oxygen atoms in total. The van der Waals surface area contributed by atoms with Gasteiger partial charge in [-0.3, -0.25) is 9.59 Å². The van der Waals surface area contributed by atoms with Gasteiger partial charge in [0.05, 0.1) is 0 Å². The smallest absolute Gasteiger partial charge is 0.408 e. The van der Waals surface area contributed by atoms with E-state index in [0.29, 0.717) is 25.7 Å². The van der Waals surface area contributed by atoms with Crippen LogP contribution in [0.25, 0.3) is 0 Å². The van der Waals surface area contributed by atoms with Crippen LogP contribution in [0.15, 0.2) is 30.3 Å². The zero-order valence-electron chi connectivity index (χ0n) is 23.9. The van der Waals surface area contributed by atoms with Gasteiger partial charge in [0, 0.05) is 0 Å². The molecule has 0 aromatic heterocycles. The second-order valence-corrected chi connectivity index (χ2v) is 11.4. The number of hydrogen-bond acceptors (Lipinski definition) is 6. The van der Waals surface area contributed by atoms with Crippen molar-refractivity contribution in [3.05, 3.63) is 35.9 Å². The van der Waals surface area contributed by atoms with Gasteiger partial charge >= 0.3 is 12.1 Å². The predicted molar refractivity (Wildman–Crippen MR) is 143 cm³/mol. The largest absolute Gasteiger partial charge is 0.458 e. The quantitative estimate of drug-likeness (QED) is 0.352. The monoisotopic (exact) mass is 519 g/mol. The molecule has 37 heavy (non-hydrogen) atoms. The fourth-order valence-electron chi connectivity index (χ4n) is 3.71. The number of esters is 1. The fraction of sp³-hybridized carbons (Fsp3) is 0.643. The lowest BCUT2D eigenvalue weighted by Crippen LogP contribution is -2.67. The molecule has 0 heterocycles. The van der Waals surface area contributed by atoms with E-state index in [0.717, 1.165) is 5.56 Å². The van der Waals surface area contributed by atoms with Gasteiger partial charge in [-0.15, -0.1) is 0 Å². The zero-order chi connectivity index (χ0) is 28.5. The maximum atomic E-state index is 13.5. The molecule has 3 amide bonds. The molecule has 0 saturated carbocycles. The van der Waals surface area contributed by atoms with E-state index in [9.17, 15) is 19.2 Å². The molecule has 0 unspecified atom stereocenters. The number of hydrogen-bond donors (Lipinski definition) is 3. The van der Waals surface area contributed by atoms with Gasteiger partial charge in [0.1, 0.15) is 28.8 Å². The number of carbonyl (C=O) groups is 4. The molecule has 1 rings (SSSR count). The van der Waals surface area contributed by atoms with Crippen molar-refractivity contribution >= 4 is 23.9 Å². The highest BCUT2D eigenvalue weighted by Crippen LogP contribution is 2.22. The first-order valence-corrected chi connectivity index (χ1v) is 12.9. The lowest BCUT2D eigenvalue weighted by Gasteiger charge is -2.38. The number of benzene rings is 1. The Labute approximate surface area is 221 Å². The summed E-state index contributed by atoms with van der Waals surface area (Å²) in [6.45, 7) is 15.4. The Balaban J connectivity index is 2.98. The molecule has 9 heteroatoms. The third kappa shape index (κ3) is 10.1. The van der Waals surface area contributed by atoms with Crippen LogP contribution >= 0.6 is 0 Å². The lowest BCUT2D eigenvalue weighted by molar-refractivity contribution is -0.165. The van der Waals surface area contributed by atoms with Crippen LogP contribution in [-0.2, 0) is 30.5 Å². The highest BCUT2D eigenvalue weighted by molar-refractivity contribution is 5.97. The Bertz CT molecular complexity index is 941. The van der Waals surface area contributed by atoms with E-state index in [1.54, 1.807) is 34.6 Å². The minimum Gasteiger partial charge on any atom is -0.458 e. The van der Waals surface area contributed by atoms with Crippen molar-refractivity contribution in [3.63, 3.8) is 0 Å². The van der Waals surface area contributed by atoms with E-state index in [1.807, 2.05) is 44.2 Å². The summed E-state index contributed by atoms with van der Waals surface area (Å²) in [5.74, 6) is -1.61. The van der Waals surface area contributed by atoms with Crippen molar-refractivity contribution in [1.29, 1.82) is 0 Å². The normalized spacial score (nSPS) is 14.9. The molecule has 1 aromatic rings. The molecule has 1 aromatic carbocycles. The fourth-order valence-corrected chi connectivity index (χ4v) is 3.71. The molecule has 0 saturated heterocycles. The third-order valence-electron chi connectivity index (χ3n) is 5.82. The van der Waals surface area contributed by atoms with E-state index >= 15 is 0 Å². The predicted octanol–water partition coefficient (Wildman–Crippen LogP) is 4.38. The van der Waals surface area contributed by atoms with Crippen LogP contribution in [0.3, 0.4) is 0 Å². The first kappa shape index (κ1) is 31.9. The minimum absolute atomic E-state index is 0.0566. The standard InChI is InChI=1S/C28H45N3O6/c1-10-17-27(8,22(33)30-28(9,18-11-2)23(34)37-25(3,4)5)29-21(32)26(6,7)31-24(35)36-19-20-15-13-12-14-16-20/h12-16H,10-11,17-19H2,1-9H3,(H,29,32)(H,30,33)(H,31,35)/t27-,28-/m0/s1. The number of carbonyl (C=O) groups excluding carboxylic acids is 4. The second kappa shape index (κ2) is 12.9. The molecule has 0 radical (unpaired) electrons. The third-order valence-corrected chi connectivity index (χ3v) is 5.82. The second-order valence-electron chi connectivity index (χ2n) is 11.4. The van der Waals surface area contributed by atoms with Crippen molar-refractivity contribution in [3.8, 4) is 0 Å². The van der Waals surface area contributed by atoms with Gasteiger partial charge in [0.2, 0.25) is 11.8 Å². The maximum absolute atomic E-state index is 13.5. The molecule has 0 aliphatic rings. The van der Waals surface area contributed by atoms with Crippen LogP contribution in [0.5, 0.6) is 0 Å². The summed E-state index contributed by atoms with van der Waals surface area (Å²) in [6.07, 6.45) is 1.15. The average molecular weight is 520 g/mol. The Hall–Kier alpha value is -3.10. The van der Waals surface area contributed by atoms with Gasteiger partial charge < -0.3 is 25.4 Å². The van der Waals surface area contributed by atoms with Gasteiger partial charge in [-0.2, -0.15) is 0 Å². The van der Waals surface area contributed by atoms with Gasteiger partial charge in [-0.1, -0.05) is 57.0 Å². The van der Waals surface area contributed by atoms with Crippen molar-refractivity contribution in [2.24, 2.45) is 0 Å². The first-order valence-electron chi connectivity index (χ1n) is 12.9. The van der Waals surface area contributed by atoms with E-state index < -0.39 is 46.1 Å². The number of ether oxygens (including phenoxy) is 2. The van der Waals surface area contributed by atoms with Crippen LogP contribution < -0.4 is 16.0 Å². The zero-order valence-corrected chi connectivity index (χ0v) is 23.9. The van der Waals surface area contributed by atoms with Gasteiger partial charge in [0.15, 0.2) is 0 Å². The van der Waals surface area contributed by atoms with E-state index in [2.05, 4.69) is 16.0 Å². The number of alkyl carbamates (subject to hydrolysis) is 1. The van der Waals surface area contributed by atoms with E-state index in [1.165, 1.54) is 13.8 Å². The van der Waals surface area contributed by atoms with Crippen molar-refractivity contribution < 1.29 is 28.7 Å². The van der Waals surface area contributed by atoms with E-state index in [4.69, 9.17) is 9.47 Å². The molecule has 0 bridgehead atoms. The SMILES string of the molecule is CCC[C@](C)(NC(=O)C(C)(C)NC(=O)OCc1ccccc1)C(=O)N[C@@](C)(CCC)C(=O)OC(C)(C)C. The molecule has 0 spiro atoms. The summed E-state index contributed by atoms with van der Waals surface area (Å²) in [7, 11) is 0. The summed E-state index contributed by atoms with van der Waals surface area (Å²) >= 11 is 0. The topological polar surface area (TPSA) is 123 Å². The van der Waals surface area contributed by atoms with Crippen LogP contribution in [-0.4, -0.2) is 46.1 Å². The first-order chi connectivity index (χ1) is 17.0. The minimum atomic E-state index is -1.37. The highest BCUT2D eigenvalue weighted by Gasteiger charge is 2.44. The molecule has 208 valence electrons. The molecular weight excluding hydrogens is 474 g/mol. The van der Waals surface area contributed by atoms with Gasteiger partial charge in [0.25, 0.3) is 0 Å². The molecule has 2 atom stereocenters. The average Bonchev–Trinajstić information content (AvgIpc) is 2.77. The highest BCUT2D eigenvalue weighted by atomic mass is 16.6. The van der Waals surface area contributed by atoms with Crippen LogP contribution in [0.1, 0.15) is 93.6 Å². The Morgan fingerprint density at radius 2 is 1.24 bits per heavy atom. The van der Waals surface area contributed by atoms with Crippen molar-refractivity contribution in [1.82, 2.24) is 16.0 Å². The summed E-state index contributed by atoms with van der Waals surface area (Å²) in [5, 5.41) is 8.19. The maximum Gasteiger partial charge on any atom is 0.408 e. The molecule has 0 fully saturated rings. The molecular formula is C28H45N3O6. The molecule has 0 aliphatic carbocycles. The van der Waals surface area contributed by atoms with Crippen LogP contribution in [0, 0.1) is 0 Å². The van der Waals surface area contributed by atoms with Crippen LogP contribution in [0.4, 0.5) is 4.79 Å². The van der Waals surface area contributed by atoms with Gasteiger partial charge in [-0.25, -0.2) is 9.59 Å². The summed E-state index contributed by atoms with van der Waals surface area (Å²) in [4.78, 5) is 52.1. The van der Waals surface area contributed by atoms with Crippen molar-refractivity contribution in [2.45, 2.75) is 117 Å². The number of rotatable bonds is 12.